The van der Waals surface area contributed by atoms with E-state index in [0.717, 1.165) is 36.3 Å². The van der Waals surface area contributed by atoms with Crippen LogP contribution in [0.15, 0.2) is 47.1 Å². The van der Waals surface area contributed by atoms with E-state index >= 15 is 0 Å². The van der Waals surface area contributed by atoms with Crippen molar-refractivity contribution in [3.05, 3.63) is 52.6 Å². The quantitative estimate of drug-likeness (QED) is 0.769. The summed E-state index contributed by atoms with van der Waals surface area (Å²) in [7, 11) is 0. The van der Waals surface area contributed by atoms with Crippen molar-refractivity contribution >= 4 is 33.3 Å². The molecule has 0 aliphatic carbocycles. The molecule has 23 heavy (non-hydrogen) atoms. The van der Waals surface area contributed by atoms with E-state index in [9.17, 15) is 4.79 Å². The van der Waals surface area contributed by atoms with Crippen LogP contribution in [0.3, 0.4) is 0 Å². The molecule has 5 heteroatoms. The summed E-state index contributed by atoms with van der Waals surface area (Å²) in [5.41, 5.74) is 2.53. The second-order valence-corrected chi connectivity index (χ2v) is 7.32. The lowest BCUT2D eigenvalue weighted by Gasteiger charge is -2.25. The number of hydrogen-bond donors (Lipinski definition) is 0. The molecule has 1 saturated heterocycles. The number of halogens is 1. The number of carbonyl (C=O) groups excluding carboxylic acids is 1. The van der Waals surface area contributed by atoms with E-state index in [4.69, 9.17) is 0 Å². The summed E-state index contributed by atoms with van der Waals surface area (Å²) in [6.07, 6.45) is 2.83. The van der Waals surface area contributed by atoms with Gasteiger partial charge in [0.1, 0.15) is 5.82 Å². The maximum absolute atomic E-state index is 11.8. The summed E-state index contributed by atoms with van der Waals surface area (Å²) >= 11 is 3.60. The number of benzene rings is 1. The highest BCUT2D eigenvalue weighted by atomic mass is 79.9. The molecule has 1 aromatic carbocycles. The molecule has 2 aromatic rings. The zero-order chi connectivity index (χ0) is 16.0. The number of nitrogens with zero attached hydrogens (tertiary/aromatic N) is 3. The number of likely N-dealkylation sites (tertiary alicyclic amines) is 1. The average Bonchev–Trinajstić information content (AvgIpc) is 3.12. The third-order valence-corrected chi connectivity index (χ3v) is 5.50. The molecular weight excluding hydrogens is 354 g/mol. The Bertz CT molecular complexity index is 764. The summed E-state index contributed by atoms with van der Waals surface area (Å²) in [5, 5.41) is 0. The van der Waals surface area contributed by atoms with E-state index in [-0.39, 0.29) is 11.3 Å². The molecule has 4 nitrogen and oxygen atoms in total. The minimum absolute atomic E-state index is 0.00229. The lowest BCUT2D eigenvalue weighted by Crippen LogP contribution is -2.36. The van der Waals surface area contributed by atoms with Crippen LogP contribution >= 0.6 is 15.9 Å². The molecular formula is C18H18BrN3O. The highest BCUT2D eigenvalue weighted by Crippen LogP contribution is 2.49. The van der Waals surface area contributed by atoms with Gasteiger partial charge in [-0.1, -0.05) is 22.0 Å². The maximum atomic E-state index is 11.8. The van der Waals surface area contributed by atoms with Gasteiger partial charge in [-0.3, -0.25) is 4.79 Å². The number of pyridine rings is 1. The third-order valence-electron chi connectivity index (χ3n) is 5.01. The van der Waals surface area contributed by atoms with Crippen LogP contribution in [0.4, 0.5) is 11.5 Å². The van der Waals surface area contributed by atoms with E-state index in [1.165, 1.54) is 11.3 Å². The summed E-state index contributed by atoms with van der Waals surface area (Å²) in [4.78, 5) is 20.6. The SMILES string of the molecule is CC(=O)N1CCC2(C1)CN(c1ccccn1)c1ccc(Br)cc12. The van der Waals surface area contributed by atoms with E-state index in [2.05, 4.69) is 44.0 Å². The van der Waals surface area contributed by atoms with Crippen molar-refractivity contribution in [3.63, 3.8) is 0 Å². The Morgan fingerprint density at radius 2 is 2.13 bits per heavy atom. The van der Waals surface area contributed by atoms with Gasteiger partial charge >= 0.3 is 0 Å². The molecule has 4 rings (SSSR count). The number of aromatic nitrogens is 1. The lowest BCUT2D eigenvalue weighted by molar-refractivity contribution is -0.127. The molecule has 1 spiro atoms. The van der Waals surface area contributed by atoms with Crippen molar-refractivity contribution in [2.24, 2.45) is 0 Å². The molecule has 0 radical (unpaired) electrons. The van der Waals surface area contributed by atoms with Gasteiger partial charge in [0.25, 0.3) is 0 Å². The van der Waals surface area contributed by atoms with Crippen molar-refractivity contribution in [2.45, 2.75) is 18.8 Å². The minimum Gasteiger partial charge on any atom is -0.342 e. The second kappa shape index (κ2) is 5.34. The van der Waals surface area contributed by atoms with Crippen LogP contribution in [0.2, 0.25) is 0 Å². The average molecular weight is 372 g/mol. The Morgan fingerprint density at radius 1 is 1.26 bits per heavy atom. The zero-order valence-electron chi connectivity index (χ0n) is 13.0. The Balaban J connectivity index is 1.80. The first-order valence-electron chi connectivity index (χ1n) is 7.83. The third kappa shape index (κ3) is 2.34. The molecule has 1 amide bonds. The molecule has 1 fully saturated rings. The fraction of sp³-hybridized carbons (Fsp3) is 0.333. The van der Waals surface area contributed by atoms with Crippen LogP contribution < -0.4 is 4.90 Å². The highest BCUT2D eigenvalue weighted by Gasteiger charge is 2.48. The molecule has 2 aliphatic heterocycles. The van der Waals surface area contributed by atoms with E-state index < -0.39 is 0 Å². The first-order valence-corrected chi connectivity index (χ1v) is 8.62. The van der Waals surface area contributed by atoms with Crippen LogP contribution in [0.5, 0.6) is 0 Å². The molecule has 1 atom stereocenters. The molecule has 3 heterocycles. The number of fused-ring (bicyclic) bond motifs is 2. The van der Waals surface area contributed by atoms with E-state index in [1.807, 2.05) is 29.3 Å². The standard InChI is InChI=1S/C18H18BrN3O/c1-13(23)21-9-7-18(11-21)12-22(17-4-2-3-8-20-17)16-6-5-14(19)10-15(16)18/h2-6,8,10H,7,9,11-12H2,1H3. The highest BCUT2D eigenvalue weighted by molar-refractivity contribution is 9.10. The fourth-order valence-electron chi connectivity index (χ4n) is 3.85. The normalized spacial score (nSPS) is 22.7. The Kier molecular flexibility index (Phi) is 3.41. The van der Waals surface area contributed by atoms with Crippen LogP contribution in [0.25, 0.3) is 0 Å². The first kappa shape index (κ1) is 14.7. The zero-order valence-corrected chi connectivity index (χ0v) is 14.6. The van der Waals surface area contributed by atoms with Gasteiger partial charge in [0.2, 0.25) is 5.91 Å². The summed E-state index contributed by atoms with van der Waals surface area (Å²) in [6.45, 7) is 4.15. The number of amides is 1. The van der Waals surface area contributed by atoms with Gasteiger partial charge in [-0.05, 0) is 42.3 Å². The number of hydrogen-bond acceptors (Lipinski definition) is 3. The Morgan fingerprint density at radius 3 is 2.83 bits per heavy atom. The van der Waals surface area contributed by atoms with E-state index in [0.29, 0.717) is 0 Å². The maximum Gasteiger partial charge on any atom is 0.219 e. The summed E-state index contributed by atoms with van der Waals surface area (Å²) in [6, 6.07) is 12.4. The molecule has 118 valence electrons. The van der Waals surface area contributed by atoms with Gasteiger partial charge in [0, 0.05) is 48.3 Å². The van der Waals surface area contributed by atoms with Crippen LogP contribution in [0, 0.1) is 0 Å². The Hall–Kier alpha value is -1.88. The number of carbonyl (C=O) groups is 1. The molecule has 0 bridgehead atoms. The van der Waals surface area contributed by atoms with Gasteiger partial charge < -0.3 is 9.80 Å². The van der Waals surface area contributed by atoms with Crippen LogP contribution in [-0.2, 0) is 10.2 Å². The van der Waals surface area contributed by atoms with Gasteiger partial charge in [-0.25, -0.2) is 4.98 Å². The molecule has 0 N–H and O–H groups in total. The minimum atomic E-state index is 0.00229. The van der Waals surface area contributed by atoms with Gasteiger partial charge in [-0.15, -0.1) is 0 Å². The molecule has 1 unspecified atom stereocenters. The molecule has 0 saturated carbocycles. The smallest absolute Gasteiger partial charge is 0.219 e. The first-order chi connectivity index (χ1) is 11.1. The fourth-order valence-corrected chi connectivity index (χ4v) is 4.21. The molecule has 1 aromatic heterocycles. The van der Waals surface area contributed by atoms with Gasteiger partial charge in [-0.2, -0.15) is 0 Å². The summed E-state index contributed by atoms with van der Waals surface area (Å²) in [5.74, 6) is 1.13. The second-order valence-electron chi connectivity index (χ2n) is 6.41. The Labute approximate surface area is 144 Å². The topological polar surface area (TPSA) is 36.4 Å². The largest absolute Gasteiger partial charge is 0.342 e. The van der Waals surface area contributed by atoms with Gasteiger partial charge in [0.15, 0.2) is 0 Å². The van der Waals surface area contributed by atoms with Crippen molar-refractivity contribution < 1.29 is 4.79 Å². The van der Waals surface area contributed by atoms with Crippen molar-refractivity contribution in [3.8, 4) is 0 Å². The van der Waals surface area contributed by atoms with Crippen molar-refractivity contribution in [1.29, 1.82) is 0 Å². The van der Waals surface area contributed by atoms with Gasteiger partial charge in [0.05, 0.1) is 0 Å². The number of anilines is 2. The predicted octanol–water partition coefficient (Wildman–Crippen LogP) is 3.49. The van der Waals surface area contributed by atoms with E-state index in [1.54, 1.807) is 6.92 Å². The van der Waals surface area contributed by atoms with Crippen LogP contribution in [0.1, 0.15) is 18.9 Å². The monoisotopic (exact) mass is 371 g/mol. The van der Waals surface area contributed by atoms with Crippen LogP contribution in [-0.4, -0.2) is 35.4 Å². The predicted molar refractivity (Wildman–Crippen MR) is 93.9 cm³/mol. The molecule has 2 aliphatic rings. The number of rotatable bonds is 1. The summed E-state index contributed by atoms with van der Waals surface area (Å²) < 4.78 is 1.08. The lowest BCUT2D eigenvalue weighted by atomic mass is 9.81. The van der Waals surface area contributed by atoms with Crippen molar-refractivity contribution in [1.82, 2.24) is 9.88 Å². The van der Waals surface area contributed by atoms with Crippen molar-refractivity contribution in [2.75, 3.05) is 24.5 Å².